The number of hydrogen-bond donors (Lipinski definition) is 0. The first-order valence-corrected chi connectivity index (χ1v) is 11.0. The van der Waals surface area contributed by atoms with E-state index in [0.717, 1.165) is 12.5 Å². The Hall–Kier alpha value is 0.707. The summed E-state index contributed by atoms with van der Waals surface area (Å²) in [4.78, 5) is 11.3. The third kappa shape index (κ3) is 11.5. The lowest BCUT2D eigenvalue weighted by atomic mass is 10.2. The summed E-state index contributed by atoms with van der Waals surface area (Å²) >= 11 is 15.1. The van der Waals surface area contributed by atoms with Gasteiger partial charge in [-0.15, -0.1) is 22.2 Å². The molecule has 0 rings (SSSR count). The molecule has 0 atom stereocenters. The molecule has 0 heterocycles. The smallest absolute Gasteiger partial charge is 0.322 e. The van der Waals surface area contributed by atoms with Gasteiger partial charge in [-0.1, -0.05) is 15.9 Å². The van der Waals surface area contributed by atoms with Crippen LogP contribution in [0.5, 0.6) is 0 Å². The number of alkyl halides is 1. The van der Waals surface area contributed by atoms with Crippen LogP contribution in [0.25, 0.3) is 0 Å². The van der Waals surface area contributed by atoms with E-state index in [0.29, 0.717) is 13.2 Å². The summed E-state index contributed by atoms with van der Waals surface area (Å²) in [5.41, 5.74) is 0. The van der Waals surface area contributed by atoms with Gasteiger partial charge in [-0.2, -0.15) is 0 Å². The lowest BCUT2D eigenvalue weighted by molar-refractivity contribution is -0.146. The van der Waals surface area contributed by atoms with Crippen molar-refractivity contribution in [1.29, 1.82) is 0 Å². The van der Waals surface area contributed by atoms with Gasteiger partial charge in [0.2, 0.25) is 6.69 Å². The van der Waals surface area contributed by atoms with E-state index in [1.54, 1.807) is 13.8 Å². The summed E-state index contributed by atoms with van der Waals surface area (Å²) in [5, 5.41) is 0. The zero-order valence-corrected chi connectivity index (χ0v) is 14.5. The predicted octanol–water partition coefficient (Wildman–Crippen LogP) is 3.66. The minimum Gasteiger partial charge on any atom is -0.462 e. The second-order valence-electron chi connectivity index (χ2n) is 4.39. The van der Waals surface area contributed by atoms with E-state index in [2.05, 4.69) is 15.9 Å². The number of ether oxygens (including phenoxy) is 2. The zero-order valence-electron chi connectivity index (χ0n) is 10.4. The average molecular weight is 366 g/mol. The van der Waals surface area contributed by atoms with Crippen molar-refractivity contribution in [2.45, 2.75) is 37.2 Å². The Bertz CT molecular complexity index is 239. The standard InChI is InChI=1S/C10H19BrCl2O3Si/c1-10(2,11)9(14)16-7-6-15-5-4-8-17(3,12)13/h4-8H2,1-3H3. The molecule has 0 aliphatic rings. The quantitative estimate of drug-likeness (QED) is 0.216. The van der Waals surface area contributed by atoms with Gasteiger partial charge in [0, 0.05) is 6.61 Å². The van der Waals surface area contributed by atoms with Crippen LogP contribution < -0.4 is 0 Å². The van der Waals surface area contributed by atoms with Crippen molar-refractivity contribution in [3.05, 3.63) is 0 Å². The maximum atomic E-state index is 11.3. The van der Waals surface area contributed by atoms with Gasteiger partial charge in [-0.05, 0) is 32.9 Å². The molecule has 0 aromatic carbocycles. The Morgan fingerprint density at radius 2 is 1.88 bits per heavy atom. The summed E-state index contributed by atoms with van der Waals surface area (Å²) in [7, 11) is 0. The van der Waals surface area contributed by atoms with E-state index in [1.807, 2.05) is 6.55 Å². The fraction of sp³-hybridized carbons (Fsp3) is 0.900. The number of hydrogen-bond acceptors (Lipinski definition) is 3. The van der Waals surface area contributed by atoms with Crippen LogP contribution in [0.1, 0.15) is 20.3 Å². The van der Waals surface area contributed by atoms with Crippen molar-refractivity contribution in [2.24, 2.45) is 0 Å². The van der Waals surface area contributed by atoms with E-state index in [4.69, 9.17) is 31.6 Å². The van der Waals surface area contributed by atoms with Gasteiger partial charge in [-0.25, -0.2) is 0 Å². The van der Waals surface area contributed by atoms with Gasteiger partial charge in [0.25, 0.3) is 0 Å². The molecule has 0 unspecified atom stereocenters. The first-order valence-electron chi connectivity index (χ1n) is 5.44. The van der Waals surface area contributed by atoms with Crippen molar-refractivity contribution in [2.75, 3.05) is 19.8 Å². The van der Waals surface area contributed by atoms with Crippen molar-refractivity contribution in [1.82, 2.24) is 0 Å². The Morgan fingerprint density at radius 3 is 2.35 bits per heavy atom. The highest BCUT2D eigenvalue weighted by Gasteiger charge is 2.25. The third-order valence-corrected chi connectivity index (χ3v) is 4.54. The minimum atomic E-state index is -2.00. The van der Waals surface area contributed by atoms with Crippen LogP contribution in [-0.2, 0) is 14.3 Å². The summed E-state index contributed by atoms with van der Waals surface area (Å²) < 4.78 is 9.66. The minimum absolute atomic E-state index is 0.268. The first kappa shape index (κ1) is 17.7. The number of carbonyl (C=O) groups is 1. The highest BCUT2D eigenvalue weighted by atomic mass is 79.9. The molecule has 0 aromatic rings. The fourth-order valence-corrected chi connectivity index (χ4v) is 2.63. The van der Waals surface area contributed by atoms with Crippen LogP contribution >= 0.6 is 38.1 Å². The molecule has 0 radical (unpaired) electrons. The van der Waals surface area contributed by atoms with Crippen molar-refractivity contribution in [3.8, 4) is 0 Å². The van der Waals surface area contributed by atoms with E-state index in [1.165, 1.54) is 0 Å². The SMILES string of the molecule is CC(C)(Br)C(=O)OCCOCCC[Si](C)(Cl)Cl. The normalized spacial score (nSPS) is 12.6. The number of halogens is 3. The zero-order chi connectivity index (χ0) is 13.5. The van der Waals surface area contributed by atoms with Crippen molar-refractivity contribution in [3.63, 3.8) is 0 Å². The molecule has 7 heteroatoms. The number of rotatable bonds is 8. The van der Waals surface area contributed by atoms with Crippen LogP contribution in [0.15, 0.2) is 0 Å². The lowest BCUT2D eigenvalue weighted by Crippen LogP contribution is -2.27. The molecule has 0 aromatic heterocycles. The molecule has 0 N–H and O–H groups in total. The highest BCUT2D eigenvalue weighted by molar-refractivity contribution is 9.10. The lowest BCUT2D eigenvalue weighted by Gasteiger charge is -2.15. The first-order chi connectivity index (χ1) is 7.63. The van der Waals surface area contributed by atoms with Crippen molar-refractivity contribution >= 4 is 50.8 Å². The average Bonchev–Trinajstić information content (AvgIpc) is 2.12. The van der Waals surface area contributed by atoms with Crippen LogP contribution in [0, 0.1) is 0 Å². The fourth-order valence-electron chi connectivity index (χ4n) is 0.952. The van der Waals surface area contributed by atoms with Gasteiger partial charge in [0.15, 0.2) is 0 Å². The van der Waals surface area contributed by atoms with Crippen LogP contribution in [0.4, 0.5) is 0 Å². The molecule has 0 amide bonds. The summed E-state index contributed by atoms with van der Waals surface area (Å²) in [6.07, 6.45) is 0.841. The van der Waals surface area contributed by atoms with Gasteiger partial charge in [-0.3, -0.25) is 4.79 Å². The Balaban J connectivity index is 3.39. The largest absolute Gasteiger partial charge is 0.462 e. The molecular weight excluding hydrogens is 347 g/mol. The summed E-state index contributed by atoms with van der Waals surface area (Å²) in [6.45, 7) is 4.63. The molecule has 0 saturated carbocycles. The second kappa shape index (κ2) is 7.99. The van der Waals surface area contributed by atoms with Crippen LogP contribution in [0.3, 0.4) is 0 Å². The highest BCUT2D eigenvalue weighted by Crippen LogP contribution is 2.21. The Labute approximate surface area is 122 Å². The molecule has 0 saturated heterocycles. The topological polar surface area (TPSA) is 35.5 Å². The monoisotopic (exact) mass is 364 g/mol. The number of esters is 1. The molecule has 0 aliphatic heterocycles. The Kier molecular flexibility index (Phi) is 8.33. The predicted molar refractivity (Wildman–Crippen MR) is 77.5 cm³/mol. The van der Waals surface area contributed by atoms with E-state index in [9.17, 15) is 4.79 Å². The van der Waals surface area contributed by atoms with E-state index >= 15 is 0 Å². The molecular formula is C10H19BrCl2O3Si. The summed E-state index contributed by atoms with van der Waals surface area (Å²) in [6, 6.07) is 0.810. The van der Waals surface area contributed by atoms with Crippen LogP contribution in [-0.4, -0.2) is 36.8 Å². The third-order valence-electron chi connectivity index (χ3n) is 1.85. The maximum Gasteiger partial charge on any atom is 0.322 e. The molecule has 102 valence electrons. The van der Waals surface area contributed by atoms with Gasteiger partial charge >= 0.3 is 5.97 Å². The second-order valence-corrected chi connectivity index (χ2v) is 14.6. The van der Waals surface area contributed by atoms with Crippen LogP contribution in [0.2, 0.25) is 12.6 Å². The molecule has 0 spiro atoms. The molecule has 0 aliphatic carbocycles. The Morgan fingerprint density at radius 1 is 1.29 bits per heavy atom. The summed E-state index contributed by atoms with van der Waals surface area (Å²) in [5.74, 6) is -0.289. The van der Waals surface area contributed by atoms with Gasteiger partial charge in [0.1, 0.15) is 10.9 Å². The van der Waals surface area contributed by atoms with E-state index < -0.39 is 11.0 Å². The molecule has 3 nitrogen and oxygen atoms in total. The molecule has 0 fully saturated rings. The molecule has 0 bridgehead atoms. The molecule has 17 heavy (non-hydrogen) atoms. The van der Waals surface area contributed by atoms with Crippen molar-refractivity contribution < 1.29 is 14.3 Å². The van der Waals surface area contributed by atoms with Gasteiger partial charge < -0.3 is 9.47 Å². The van der Waals surface area contributed by atoms with Gasteiger partial charge in [0.05, 0.1) is 6.61 Å². The maximum absolute atomic E-state index is 11.3. The van der Waals surface area contributed by atoms with E-state index in [-0.39, 0.29) is 12.6 Å². The number of carbonyl (C=O) groups excluding carboxylic acids is 1.